The number of hydrogen-bond acceptors (Lipinski definition) is 14. The van der Waals surface area contributed by atoms with Crippen LogP contribution in [0.15, 0.2) is 29.2 Å². The lowest BCUT2D eigenvalue weighted by Gasteiger charge is -2.16. The van der Waals surface area contributed by atoms with Crippen LogP contribution in [0.4, 0.5) is 22.9 Å². The highest BCUT2D eigenvalue weighted by Crippen LogP contribution is 2.39. The molecule has 0 saturated carbocycles. The molecule has 1 aromatic heterocycles. The molecular formula is C15H16N6O12. The molecule has 3 rings (SSSR count). The number of benzene rings is 1. The normalized spacial score (nSPS) is 21.7. The predicted octanol–water partition coefficient (Wildman–Crippen LogP) is -1.45. The number of nitrogens with two attached hydrogens (primary N) is 1. The lowest BCUT2D eigenvalue weighted by molar-refractivity contribution is -0.404. The van der Waals surface area contributed by atoms with Gasteiger partial charge in [-0.2, -0.15) is 4.98 Å². The van der Waals surface area contributed by atoms with Crippen molar-refractivity contribution < 1.29 is 39.9 Å². The predicted molar refractivity (Wildman–Crippen MR) is 104 cm³/mol. The molecule has 1 aromatic carbocycles. The van der Waals surface area contributed by atoms with E-state index in [1.165, 1.54) is 12.3 Å². The minimum atomic E-state index is -1.31. The Bertz CT molecular complexity index is 1100. The topological polar surface area (TPSA) is 280 Å². The van der Waals surface area contributed by atoms with Crippen LogP contribution in [0.1, 0.15) is 6.23 Å². The Morgan fingerprint density at radius 2 is 1.61 bits per heavy atom. The molecule has 0 spiro atoms. The van der Waals surface area contributed by atoms with Gasteiger partial charge in [0.05, 0.1) is 33.5 Å². The van der Waals surface area contributed by atoms with E-state index in [1.54, 1.807) is 0 Å². The highest BCUT2D eigenvalue weighted by Gasteiger charge is 2.43. The molecule has 18 heteroatoms. The van der Waals surface area contributed by atoms with Crippen LogP contribution in [0, 0.1) is 30.3 Å². The molecule has 0 radical (unpaired) electrons. The van der Waals surface area contributed by atoms with E-state index in [9.17, 15) is 45.4 Å². The maximum Gasteiger partial charge on any atom is 0.351 e. The number of aliphatic hydroxyl groups is 3. The van der Waals surface area contributed by atoms with E-state index in [0.29, 0.717) is 12.1 Å². The van der Waals surface area contributed by atoms with Crippen LogP contribution in [0.25, 0.3) is 0 Å². The number of ether oxygens (including phenoxy) is 1. The second kappa shape index (κ2) is 9.91. The van der Waals surface area contributed by atoms with E-state index < -0.39 is 74.4 Å². The average Bonchev–Trinajstić information content (AvgIpc) is 3.02. The zero-order valence-electron chi connectivity index (χ0n) is 16.2. The summed E-state index contributed by atoms with van der Waals surface area (Å²) in [5.74, 6) is -1.15. The highest BCUT2D eigenvalue weighted by atomic mass is 16.6. The van der Waals surface area contributed by atoms with Gasteiger partial charge in [0, 0.05) is 6.20 Å². The van der Waals surface area contributed by atoms with Crippen molar-refractivity contribution >= 4 is 22.9 Å². The SMILES string of the molecule is Nc1ccn([C@@H]2O[C@H](CO)[C@@H](O)[C@H]2O)c(=O)n1.O=[N+]([O-])c1cc([N+](=O)[O-])c(O)c([N+](=O)[O-])c1. The maximum atomic E-state index is 11.5. The number of hydrogen-bond donors (Lipinski definition) is 5. The van der Waals surface area contributed by atoms with Gasteiger partial charge in [-0.3, -0.25) is 34.9 Å². The summed E-state index contributed by atoms with van der Waals surface area (Å²) in [5, 5.41) is 68.4. The summed E-state index contributed by atoms with van der Waals surface area (Å²) in [4.78, 5) is 42.8. The minimum absolute atomic E-state index is 0.0537. The Kier molecular flexibility index (Phi) is 7.51. The van der Waals surface area contributed by atoms with E-state index >= 15 is 0 Å². The van der Waals surface area contributed by atoms with Crippen molar-refractivity contribution in [1.29, 1.82) is 0 Å². The number of phenolic OH excluding ortho intramolecular Hbond substituents is 1. The number of anilines is 1. The molecule has 1 fully saturated rings. The van der Waals surface area contributed by atoms with Gasteiger partial charge >= 0.3 is 17.1 Å². The molecule has 1 aliphatic heterocycles. The Morgan fingerprint density at radius 1 is 1.06 bits per heavy atom. The molecule has 2 heterocycles. The van der Waals surface area contributed by atoms with Gasteiger partial charge in [-0.05, 0) is 6.07 Å². The van der Waals surface area contributed by atoms with Gasteiger partial charge < -0.3 is 30.9 Å². The number of non-ortho nitro benzene ring substituents is 1. The molecule has 6 N–H and O–H groups in total. The van der Waals surface area contributed by atoms with Crippen LogP contribution in [0.2, 0.25) is 0 Å². The van der Waals surface area contributed by atoms with E-state index in [1.807, 2.05) is 0 Å². The Morgan fingerprint density at radius 3 is 2.00 bits per heavy atom. The van der Waals surface area contributed by atoms with Crippen LogP contribution in [-0.2, 0) is 4.74 Å². The molecule has 178 valence electrons. The summed E-state index contributed by atoms with van der Waals surface area (Å²) in [7, 11) is 0. The van der Waals surface area contributed by atoms with Crippen molar-refractivity contribution in [1.82, 2.24) is 9.55 Å². The van der Waals surface area contributed by atoms with Crippen LogP contribution >= 0.6 is 0 Å². The summed E-state index contributed by atoms with van der Waals surface area (Å²) in [6.45, 7) is -0.453. The lowest BCUT2D eigenvalue weighted by Crippen LogP contribution is -2.36. The number of aromatic hydroxyl groups is 1. The molecule has 2 aromatic rings. The van der Waals surface area contributed by atoms with Crippen LogP contribution in [0.5, 0.6) is 5.75 Å². The highest BCUT2D eigenvalue weighted by molar-refractivity contribution is 5.64. The smallest absolute Gasteiger partial charge is 0.351 e. The Hall–Kier alpha value is -4.26. The molecule has 1 aliphatic rings. The van der Waals surface area contributed by atoms with E-state index in [-0.39, 0.29) is 5.82 Å². The Labute approximate surface area is 181 Å². The van der Waals surface area contributed by atoms with Gasteiger partial charge in [0.1, 0.15) is 24.1 Å². The van der Waals surface area contributed by atoms with E-state index in [2.05, 4.69) is 4.98 Å². The fourth-order valence-electron chi connectivity index (χ4n) is 2.70. The summed E-state index contributed by atoms with van der Waals surface area (Å²) in [5.41, 5.74) is 1.63. The number of phenols is 1. The number of nitro groups is 3. The number of nitrogen functional groups attached to an aromatic ring is 1. The number of aliphatic hydroxyl groups excluding tert-OH is 3. The maximum absolute atomic E-state index is 11.5. The van der Waals surface area contributed by atoms with Gasteiger partial charge in [-0.15, -0.1) is 0 Å². The molecule has 4 atom stereocenters. The quantitative estimate of drug-likeness (QED) is 0.246. The molecule has 33 heavy (non-hydrogen) atoms. The molecule has 0 bridgehead atoms. The third-order valence-electron chi connectivity index (χ3n) is 4.30. The summed E-state index contributed by atoms with van der Waals surface area (Å²) < 4.78 is 6.19. The fraction of sp³-hybridized carbons (Fsp3) is 0.333. The standard InChI is InChI=1S/C9H13N3O5.C6H3N3O7/c10-5-1-2-12(9(16)11-5)8-7(15)6(14)4(3-13)17-8;10-6-4(8(13)14)1-3(7(11)12)2-5(6)9(15)16/h1-2,4,6-8,13-15H,3H2,(H2,10,11,16);1-2,10H/t4-,6-,7-,8-;/m1./s1. The first-order valence-electron chi connectivity index (χ1n) is 8.66. The number of aromatic nitrogens is 2. The monoisotopic (exact) mass is 472 g/mol. The van der Waals surface area contributed by atoms with E-state index in [4.69, 9.17) is 20.7 Å². The molecule has 18 nitrogen and oxygen atoms in total. The first-order chi connectivity index (χ1) is 15.4. The first-order valence-corrected chi connectivity index (χ1v) is 8.66. The van der Waals surface area contributed by atoms with Crippen molar-refractivity contribution in [2.45, 2.75) is 24.5 Å². The molecule has 1 saturated heterocycles. The third-order valence-corrected chi connectivity index (χ3v) is 4.30. The van der Waals surface area contributed by atoms with Crippen LogP contribution in [-0.4, -0.2) is 69.7 Å². The zero-order chi connectivity index (χ0) is 25.0. The van der Waals surface area contributed by atoms with Gasteiger partial charge in [0.2, 0.25) is 0 Å². The third kappa shape index (κ3) is 5.33. The second-order valence-corrected chi connectivity index (χ2v) is 6.38. The summed E-state index contributed by atoms with van der Waals surface area (Å²) in [6.07, 6.45) is -3.27. The van der Waals surface area contributed by atoms with Gasteiger partial charge in [0.25, 0.3) is 11.4 Å². The lowest BCUT2D eigenvalue weighted by atomic mass is 10.1. The van der Waals surface area contributed by atoms with Crippen molar-refractivity contribution in [3.8, 4) is 5.75 Å². The second-order valence-electron chi connectivity index (χ2n) is 6.38. The fourth-order valence-corrected chi connectivity index (χ4v) is 2.70. The molecule has 0 aliphatic carbocycles. The van der Waals surface area contributed by atoms with Crippen molar-refractivity contribution in [3.05, 3.63) is 65.2 Å². The Balaban J connectivity index is 0.000000234. The summed E-state index contributed by atoms with van der Waals surface area (Å²) >= 11 is 0. The minimum Gasteiger partial charge on any atom is -0.497 e. The zero-order valence-corrected chi connectivity index (χ0v) is 16.2. The number of nitro benzene ring substituents is 3. The molecule has 0 amide bonds. The number of nitrogens with zero attached hydrogens (tertiary/aromatic N) is 5. The summed E-state index contributed by atoms with van der Waals surface area (Å²) in [6, 6.07) is 2.26. The van der Waals surface area contributed by atoms with Gasteiger partial charge in [-0.25, -0.2) is 4.79 Å². The van der Waals surface area contributed by atoms with E-state index in [0.717, 1.165) is 4.57 Å². The molecule has 0 unspecified atom stereocenters. The van der Waals surface area contributed by atoms with Crippen LogP contribution < -0.4 is 11.4 Å². The van der Waals surface area contributed by atoms with Gasteiger partial charge in [-0.1, -0.05) is 0 Å². The molecular weight excluding hydrogens is 456 g/mol. The van der Waals surface area contributed by atoms with Crippen molar-refractivity contribution in [2.24, 2.45) is 0 Å². The van der Waals surface area contributed by atoms with Gasteiger partial charge in [0.15, 0.2) is 6.23 Å². The largest absolute Gasteiger partial charge is 0.497 e. The number of rotatable bonds is 5. The van der Waals surface area contributed by atoms with Crippen molar-refractivity contribution in [2.75, 3.05) is 12.3 Å². The first kappa shape index (κ1) is 25.0. The van der Waals surface area contributed by atoms with Crippen molar-refractivity contribution in [3.63, 3.8) is 0 Å². The average molecular weight is 472 g/mol. The van der Waals surface area contributed by atoms with Crippen LogP contribution in [0.3, 0.4) is 0 Å².